The molecule has 21 heavy (non-hydrogen) atoms. The number of thioether (sulfide) groups is 1. The summed E-state index contributed by atoms with van der Waals surface area (Å²) < 4.78 is 4.87. The quantitative estimate of drug-likeness (QED) is 0.478. The van der Waals surface area contributed by atoms with Gasteiger partial charge in [0.05, 0.1) is 0 Å². The van der Waals surface area contributed by atoms with E-state index in [-0.39, 0.29) is 18.6 Å². The highest BCUT2D eigenvalue weighted by Gasteiger charge is 2.07. The fourth-order valence-corrected chi connectivity index (χ4v) is 1.89. The van der Waals surface area contributed by atoms with E-state index < -0.39 is 5.97 Å². The van der Waals surface area contributed by atoms with Crippen LogP contribution in [0.3, 0.4) is 0 Å². The summed E-state index contributed by atoms with van der Waals surface area (Å²) in [7, 11) is 0. The lowest BCUT2D eigenvalue weighted by Gasteiger charge is -2.10. The van der Waals surface area contributed by atoms with Gasteiger partial charge in [0.2, 0.25) is 0 Å². The Morgan fingerprint density at radius 2 is 2.00 bits per heavy atom. The molecule has 1 rings (SSSR count). The van der Waals surface area contributed by atoms with Crippen molar-refractivity contribution in [2.45, 2.75) is 31.2 Å². The van der Waals surface area contributed by atoms with Crippen molar-refractivity contribution < 1.29 is 14.3 Å². The summed E-state index contributed by atoms with van der Waals surface area (Å²) in [6.07, 6.45) is 5.84. The van der Waals surface area contributed by atoms with Gasteiger partial charge in [0.25, 0.3) is 5.91 Å². The molecule has 1 amide bonds. The van der Waals surface area contributed by atoms with Crippen molar-refractivity contribution in [2.24, 2.45) is 0 Å². The summed E-state index contributed by atoms with van der Waals surface area (Å²) >= 11 is 1.66. The molecule has 5 heteroatoms. The smallest absolute Gasteiger partial charge is 0.331 e. The van der Waals surface area contributed by atoms with Crippen molar-refractivity contribution in [1.82, 2.24) is 5.32 Å². The molecule has 0 unspecified atom stereocenters. The van der Waals surface area contributed by atoms with Crippen molar-refractivity contribution in [2.75, 3.05) is 12.9 Å². The molecule has 1 atom stereocenters. The van der Waals surface area contributed by atoms with E-state index >= 15 is 0 Å². The molecule has 0 bridgehead atoms. The Morgan fingerprint density at radius 3 is 2.57 bits per heavy atom. The Hall–Kier alpha value is -1.75. The van der Waals surface area contributed by atoms with Crippen LogP contribution >= 0.6 is 11.8 Å². The van der Waals surface area contributed by atoms with Crippen molar-refractivity contribution in [3.05, 3.63) is 35.9 Å². The second kappa shape index (κ2) is 9.23. The summed E-state index contributed by atoms with van der Waals surface area (Å²) in [4.78, 5) is 24.1. The Labute approximate surface area is 130 Å². The van der Waals surface area contributed by atoms with E-state index in [9.17, 15) is 9.59 Å². The number of carbonyl (C=O) groups is 2. The maximum Gasteiger partial charge on any atom is 0.331 e. The molecular weight excluding hydrogens is 286 g/mol. The van der Waals surface area contributed by atoms with Gasteiger partial charge in [-0.15, -0.1) is 11.8 Å². The maximum atomic E-state index is 11.5. The van der Waals surface area contributed by atoms with Crippen LogP contribution < -0.4 is 5.32 Å². The summed E-state index contributed by atoms with van der Waals surface area (Å²) in [6.45, 7) is 3.62. The molecule has 114 valence electrons. The highest BCUT2D eigenvalue weighted by atomic mass is 32.2. The molecule has 0 fully saturated rings. The van der Waals surface area contributed by atoms with Gasteiger partial charge in [-0.3, -0.25) is 4.79 Å². The number of amides is 1. The molecule has 0 spiro atoms. The molecule has 0 saturated carbocycles. The monoisotopic (exact) mass is 307 g/mol. The first-order chi connectivity index (χ1) is 10.0. The van der Waals surface area contributed by atoms with E-state index in [4.69, 9.17) is 4.74 Å². The summed E-state index contributed by atoms with van der Waals surface area (Å²) in [5.41, 5.74) is 0.911. The number of esters is 1. The van der Waals surface area contributed by atoms with E-state index in [0.717, 1.165) is 16.9 Å². The van der Waals surface area contributed by atoms with Gasteiger partial charge < -0.3 is 10.1 Å². The van der Waals surface area contributed by atoms with Crippen LogP contribution in [0, 0.1) is 0 Å². The minimum atomic E-state index is -0.525. The maximum absolute atomic E-state index is 11.5. The third kappa shape index (κ3) is 6.99. The highest BCUT2D eigenvalue weighted by molar-refractivity contribution is 7.98. The molecule has 0 aliphatic carbocycles. The molecule has 1 aromatic carbocycles. The second-order valence-electron chi connectivity index (χ2n) is 4.59. The minimum Gasteiger partial charge on any atom is -0.452 e. The number of ether oxygens (including phenoxy) is 1. The van der Waals surface area contributed by atoms with Crippen molar-refractivity contribution in [3.8, 4) is 0 Å². The highest BCUT2D eigenvalue weighted by Crippen LogP contribution is 2.15. The first-order valence-corrected chi connectivity index (χ1v) is 8.06. The number of benzene rings is 1. The third-order valence-electron chi connectivity index (χ3n) is 2.89. The number of nitrogens with one attached hydrogen (secondary N) is 1. The van der Waals surface area contributed by atoms with Gasteiger partial charge in [0.1, 0.15) is 0 Å². The molecule has 0 radical (unpaired) electrons. The summed E-state index contributed by atoms with van der Waals surface area (Å²) in [5, 5.41) is 2.73. The molecule has 1 aromatic rings. The molecule has 0 aliphatic heterocycles. The van der Waals surface area contributed by atoms with E-state index in [1.165, 1.54) is 6.08 Å². The van der Waals surface area contributed by atoms with Gasteiger partial charge in [-0.05, 0) is 43.4 Å². The number of hydrogen-bond donors (Lipinski definition) is 1. The van der Waals surface area contributed by atoms with E-state index in [0.29, 0.717) is 0 Å². The van der Waals surface area contributed by atoms with Crippen molar-refractivity contribution in [3.63, 3.8) is 0 Å². The Bertz CT molecular complexity index is 497. The molecule has 0 heterocycles. The largest absolute Gasteiger partial charge is 0.452 e. The van der Waals surface area contributed by atoms with Gasteiger partial charge in [-0.2, -0.15) is 0 Å². The topological polar surface area (TPSA) is 55.4 Å². The Balaban J connectivity index is 2.38. The molecule has 0 aliphatic rings. The van der Waals surface area contributed by atoms with Crippen LogP contribution in [0.5, 0.6) is 0 Å². The molecular formula is C16H21NO3S. The standard InChI is InChI=1S/C16H21NO3S/c1-4-12(2)17-15(18)11-20-16(19)10-7-13-5-8-14(21-3)9-6-13/h5-10,12H,4,11H2,1-3H3,(H,17,18)/b10-7+/t12-/m1/s1. The van der Waals surface area contributed by atoms with Crippen LogP contribution in [-0.2, 0) is 14.3 Å². The van der Waals surface area contributed by atoms with Crippen LogP contribution in [0.4, 0.5) is 0 Å². The van der Waals surface area contributed by atoms with Crippen LogP contribution in [0.25, 0.3) is 6.08 Å². The minimum absolute atomic E-state index is 0.0849. The lowest BCUT2D eigenvalue weighted by molar-refractivity contribution is -0.144. The number of carbonyl (C=O) groups excluding carboxylic acids is 2. The third-order valence-corrected chi connectivity index (χ3v) is 3.64. The van der Waals surface area contributed by atoms with Gasteiger partial charge in [-0.25, -0.2) is 4.79 Å². The lowest BCUT2D eigenvalue weighted by atomic mass is 10.2. The first-order valence-electron chi connectivity index (χ1n) is 6.83. The number of hydrogen-bond acceptors (Lipinski definition) is 4. The predicted octanol–water partition coefficient (Wildman–Crippen LogP) is 2.88. The first kappa shape index (κ1) is 17.3. The summed E-state index contributed by atoms with van der Waals surface area (Å²) in [6, 6.07) is 7.89. The number of rotatable bonds is 7. The zero-order valence-corrected chi connectivity index (χ0v) is 13.4. The molecule has 0 saturated heterocycles. The van der Waals surface area contributed by atoms with E-state index in [1.807, 2.05) is 44.4 Å². The van der Waals surface area contributed by atoms with Crippen LogP contribution in [0.2, 0.25) is 0 Å². The van der Waals surface area contributed by atoms with Crippen molar-refractivity contribution >= 4 is 29.7 Å². The van der Waals surface area contributed by atoms with Gasteiger partial charge in [0, 0.05) is 17.0 Å². The van der Waals surface area contributed by atoms with Gasteiger partial charge >= 0.3 is 5.97 Å². The summed E-state index contributed by atoms with van der Waals surface area (Å²) in [5.74, 6) is -0.807. The van der Waals surface area contributed by atoms with E-state index in [2.05, 4.69) is 5.32 Å². The van der Waals surface area contributed by atoms with Crippen molar-refractivity contribution in [1.29, 1.82) is 0 Å². The normalized spacial score (nSPS) is 12.1. The fraction of sp³-hybridized carbons (Fsp3) is 0.375. The molecule has 4 nitrogen and oxygen atoms in total. The Kier molecular flexibility index (Phi) is 7.61. The Morgan fingerprint density at radius 1 is 1.33 bits per heavy atom. The lowest BCUT2D eigenvalue weighted by Crippen LogP contribution is -2.35. The average molecular weight is 307 g/mol. The van der Waals surface area contributed by atoms with Crippen LogP contribution in [-0.4, -0.2) is 30.8 Å². The molecule has 0 aromatic heterocycles. The fourth-order valence-electron chi connectivity index (χ4n) is 1.48. The molecule has 1 N–H and O–H groups in total. The van der Waals surface area contributed by atoms with Crippen LogP contribution in [0.1, 0.15) is 25.8 Å². The van der Waals surface area contributed by atoms with Gasteiger partial charge in [0.15, 0.2) is 6.61 Å². The van der Waals surface area contributed by atoms with Gasteiger partial charge in [-0.1, -0.05) is 19.1 Å². The second-order valence-corrected chi connectivity index (χ2v) is 5.47. The van der Waals surface area contributed by atoms with Crippen LogP contribution in [0.15, 0.2) is 35.2 Å². The SMILES string of the molecule is CC[C@@H](C)NC(=O)COC(=O)/C=C/c1ccc(SC)cc1. The average Bonchev–Trinajstić information content (AvgIpc) is 2.51. The zero-order valence-electron chi connectivity index (χ0n) is 12.6. The van der Waals surface area contributed by atoms with E-state index in [1.54, 1.807) is 17.8 Å². The predicted molar refractivity (Wildman–Crippen MR) is 86.1 cm³/mol. The zero-order chi connectivity index (χ0) is 15.7.